The van der Waals surface area contributed by atoms with Crippen molar-refractivity contribution in [3.63, 3.8) is 0 Å². The molecule has 3 amide bonds. The third-order valence-electron chi connectivity index (χ3n) is 15.0. The molecule has 5 fully saturated rings. The predicted molar refractivity (Wildman–Crippen MR) is 251 cm³/mol. The van der Waals surface area contributed by atoms with E-state index in [0.29, 0.717) is 51.4 Å². The number of piperidine rings is 1. The minimum Gasteiger partial charge on any atom is -0.453 e. The van der Waals surface area contributed by atoms with Gasteiger partial charge in [-0.05, 0) is 97.9 Å². The van der Waals surface area contributed by atoms with Gasteiger partial charge < -0.3 is 49.6 Å². The first-order valence-corrected chi connectivity index (χ1v) is 27.0. The van der Waals surface area contributed by atoms with Gasteiger partial charge in [0.2, 0.25) is 5.91 Å². The van der Waals surface area contributed by atoms with Crippen molar-refractivity contribution in [2.45, 2.75) is 101 Å². The zero-order chi connectivity index (χ0) is 45.9. The van der Waals surface area contributed by atoms with Gasteiger partial charge in [-0.2, -0.15) is 0 Å². The van der Waals surface area contributed by atoms with Crippen LogP contribution in [0.4, 0.5) is 9.59 Å². The lowest BCUT2D eigenvalue weighted by Crippen LogP contribution is -2.56. The second-order valence-electron chi connectivity index (χ2n) is 19.9. The Morgan fingerprint density at radius 3 is 2.17 bits per heavy atom. The van der Waals surface area contributed by atoms with E-state index in [2.05, 4.69) is 93.2 Å². The standard InChI is InChI=1S/C49H62N8O8Si/c1-27-40(52-44(50-27)38-24-34-23-37(34)57(38)47(59)42(55-49(61)63-3)31-16-20-65-21-17-31)29-8-6-28(7-9-29)32-10-12-35-33(22-32)11-13-36-43(35)53-45(51-36)39-25-66(4,5)26-56(39)46(58)41(54-48(60)62-2)30-14-18-64-19-15-30/h6-13,22,30-31,34,37-39,41-42,47,59H,14-21,23-26H2,1-5H3,(H,50,52)(H,51,53)(H,54,60)(H,55,61)/t34-,37-,38+,39+,41+,42+,47?/m1/s1. The normalized spacial score (nSPS) is 24.8. The number of aromatic nitrogens is 4. The maximum absolute atomic E-state index is 14.5. The quantitative estimate of drug-likeness (QED) is 0.0859. The molecule has 2 aromatic heterocycles. The molecule has 5 aliphatic rings. The number of nitrogens with one attached hydrogen (secondary N) is 4. The van der Waals surface area contributed by atoms with Crippen LogP contribution in [-0.2, 0) is 23.7 Å². The van der Waals surface area contributed by atoms with E-state index in [0.717, 1.165) is 93.3 Å². The van der Waals surface area contributed by atoms with E-state index >= 15 is 0 Å². The van der Waals surface area contributed by atoms with Gasteiger partial charge in [0.05, 0.1) is 57.1 Å². The lowest BCUT2D eigenvalue weighted by atomic mass is 9.89. The van der Waals surface area contributed by atoms with E-state index < -0.39 is 38.6 Å². The highest BCUT2D eigenvalue weighted by molar-refractivity contribution is 6.78. The number of aliphatic hydroxyl groups excluding tert-OH is 1. The molecular weight excluding hydrogens is 857 g/mol. The molecule has 4 aliphatic heterocycles. The Hall–Kier alpha value is -5.33. The van der Waals surface area contributed by atoms with Crippen LogP contribution >= 0.6 is 0 Å². The Morgan fingerprint density at radius 2 is 1.45 bits per heavy atom. The van der Waals surface area contributed by atoms with Crippen LogP contribution < -0.4 is 10.6 Å². The molecule has 5 N–H and O–H groups in total. The van der Waals surface area contributed by atoms with Crippen LogP contribution in [0.3, 0.4) is 0 Å². The van der Waals surface area contributed by atoms with Gasteiger partial charge in [0, 0.05) is 55.3 Å². The summed E-state index contributed by atoms with van der Waals surface area (Å²) in [5.74, 6) is 2.04. The SMILES string of the molecule is COC(=O)N[C@@H](C1CCOCC1)C(O)N1[C@@H]2C[C@@H]2C[C@H]1c1nc(-c2ccc(-c3ccc4c(ccc5[nH]c([C@@H]6C[Si](C)(C)CN6C(=O)[C@@H](NC(=O)OC)C6CCOCC6)nc54)c3)cc2)c(C)[nH]1. The summed E-state index contributed by atoms with van der Waals surface area (Å²) in [6, 6.07) is 18.7. The number of carbonyl (C=O) groups excluding carboxylic acids is 3. The molecule has 3 aromatic carbocycles. The van der Waals surface area contributed by atoms with Gasteiger partial charge in [-0.1, -0.05) is 55.6 Å². The van der Waals surface area contributed by atoms with Crippen LogP contribution in [0.2, 0.25) is 19.1 Å². The number of likely N-dealkylation sites (tertiary alicyclic amines) is 1. The highest BCUT2D eigenvalue weighted by Crippen LogP contribution is 2.54. The van der Waals surface area contributed by atoms with E-state index in [1.165, 1.54) is 14.2 Å². The number of amides is 3. The van der Waals surface area contributed by atoms with Crippen LogP contribution in [0, 0.1) is 24.7 Å². The number of rotatable bonds is 11. The summed E-state index contributed by atoms with van der Waals surface area (Å²) in [5, 5.41) is 19.9. The van der Waals surface area contributed by atoms with Crippen molar-refractivity contribution in [3.8, 4) is 22.4 Å². The first kappa shape index (κ1) is 44.5. The molecule has 16 nitrogen and oxygen atoms in total. The number of imidazole rings is 2. The zero-order valence-electron chi connectivity index (χ0n) is 38.5. The number of H-pyrrole nitrogens is 2. The topological polar surface area (TPSA) is 196 Å². The number of methoxy groups -OCH3 is 2. The van der Waals surface area contributed by atoms with Crippen LogP contribution in [0.1, 0.15) is 68.0 Å². The number of benzene rings is 3. The molecule has 0 spiro atoms. The van der Waals surface area contributed by atoms with Crippen LogP contribution in [0.25, 0.3) is 44.2 Å². The van der Waals surface area contributed by atoms with Crippen molar-refractivity contribution in [2.24, 2.45) is 17.8 Å². The fourth-order valence-electron chi connectivity index (χ4n) is 11.5. The van der Waals surface area contributed by atoms with Crippen molar-refractivity contribution in [1.82, 2.24) is 40.4 Å². The number of alkyl carbamates (subject to hydrolysis) is 2. The van der Waals surface area contributed by atoms with Gasteiger partial charge in [0.25, 0.3) is 0 Å². The molecule has 1 aliphatic carbocycles. The minimum atomic E-state index is -1.82. The van der Waals surface area contributed by atoms with Crippen molar-refractivity contribution in [2.75, 3.05) is 46.8 Å². The predicted octanol–water partition coefficient (Wildman–Crippen LogP) is 6.97. The fourth-order valence-corrected chi connectivity index (χ4v) is 14.3. The second-order valence-corrected chi connectivity index (χ2v) is 24.9. The third kappa shape index (κ3) is 8.59. The highest BCUT2D eigenvalue weighted by atomic mass is 28.3. The van der Waals surface area contributed by atoms with Crippen LogP contribution in [-0.4, -0.2) is 132 Å². The Labute approximate surface area is 385 Å². The lowest BCUT2D eigenvalue weighted by molar-refractivity contribution is -0.136. The third-order valence-corrected chi connectivity index (χ3v) is 17.7. The van der Waals surface area contributed by atoms with E-state index in [4.69, 9.17) is 28.9 Å². The molecule has 1 saturated carbocycles. The number of fused-ring (bicyclic) bond motifs is 4. The van der Waals surface area contributed by atoms with Crippen LogP contribution in [0.15, 0.2) is 54.6 Å². The number of aryl methyl sites for hydroxylation is 1. The molecule has 17 heteroatoms. The monoisotopic (exact) mass is 918 g/mol. The molecule has 350 valence electrons. The molecular formula is C49H62N8O8Si. The highest BCUT2D eigenvalue weighted by Gasteiger charge is 2.57. The molecule has 1 unspecified atom stereocenters. The molecule has 4 saturated heterocycles. The van der Waals surface area contributed by atoms with Crippen molar-refractivity contribution >= 4 is 48.0 Å². The summed E-state index contributed by atoms with van der Waals surface area (Å²) in [5.41, 5.74) is 6.78. The van der Waals surface area contributed by atoms with E-state index in [1.54, 1.807) is 0 Å². The molecule has 0 bridgehead atoms. The number of hydrogen-bond donors (Lipinski definition) is 5. The number of aliphatic hydroxyl groups is 1. The van der Waals surface area contributed by atoms with Gasteiger partial charge in [-0.15, -0.1) is 0 Å². The summed E-state index contributed by atoms with van der Waals surface area (Å²) in [6.07, 6.45) is 3.47. The first-order valence-electron chi connectivity index (χ1n) is 23.6. The number of aromatic amines is 2. The Bertz CT molecular complexity index is 2600. The summed E-state index contributed by atoms with van der Waals surface area (Å²) in [7, 11) is 0.859. The fraction of sp³-hybridized carbons (Fsp3) is 0.531. The van der Waals surface area contributed by atoms with Crippen LogP contribution in [0.5, 0.6) is 0 Å². The van der Waals surface area contributed by atoms with E-state index in [9.17, 15) is 19.5 Å². The number of carbonyl (C=O) groups is 3. The lowest BCUT2D eigenvalue weighted by Gasteiger charge is -2.40. The van der Waals surface area contributed by atoms with Gasteiger partial charge in [0.15, 0.2) is 0 Å². The summed E-state index contributed by atoms with van der Waals surface area (Å²) >= 11 is 0. The molecule has 5 aromatic rings. The average molecular weight is 919 g/mol. The molecule has 66 heavy (non-hydrogen) atoms. The molecule has 6 heterocycles. The zero-order valence-corrected chi connectivity index (χ0v) is 39.5. The average Bonchev–Trinajstić information content (AvgIpc) is 3.65. The van der Waals surface area contributed by atoms with E-state index in [-0.39, 0.29) is 35.9 Å². The first-order chi connectivity index (χ1) is 31.9. The van der Waals surface area contributed by atoms with Gasteiger partial charge in [-0.3, -0.25) is 9.69 Å². The number of ether oxygens (including phenoxy) is 4. The van der Waals surface area contributed by atoms with Gasteiger partial charge in [-0.25, -0.2) is 19.6 Å². The van der Waals surface area contributed by atoms with Crippen molar-refractivity contribution < 1.29 is 38.4 Å². The Morgan fingerprint density at radius 1 is 0.803 bits per heavy atom. The van der Waals surface area contributed by atoms with Crippen molar-refractivity contribution in [1.29, 1.82) is 0 Å². The largest absolute Gasteiger partial charge is 0.453 e. The van der Waals surface area contributed by atoms with E-state index in [1.807, 2.05) is 11.8 Å². The van der Waals surface area contributed by atoms with Gasteiger partial charge >= 0.3 is 12.2 Å². The maximum Gasteiger partial charge on any atom is 0.407 e. The van der Waals surface area contributed by atoms with Gasteiger partial charge in [0.1, 0.15) is 23.9 Å². The minimum absolute atomic E-state index is 0.0377. The molecule has 10 rings (SSSR count). The molecule has 0 radical (unpaired) electrons. The summed E-state index contributed by atoms with van der Waals surface area (Å²) in [6.45, 7) is 8.98. The Balaban J connectivity index is 0.872. The Kier molecular flexibility index (Phi) is 12.2. The summed E-state index contributed by atoms with van der Waals surface area (Å²) in [4.78, 5) is 61.1. The number of nitrogens with zero attached hydrogens (tertiary/aromatic N) is 4. The summed E-state index contributed by atoms with van der Waals surface area (Å²) < 4.78 is 21.1. The molecule has 7 atom stereocenters. The second kappa shape index (κ2) is 18.0. The smallest absolute Gasteiger partial charge is 0.407 e. The van der Waals surface area contributed by atoms with Crippen molar-refractivity contribution in [3.05, 3.63) is 71.9 Å². The maximum atomic E-state index is 14.5. The number of hydrogen-bond acceptors (Lipinski definition) is 11.